The maximum Gasteiger partial charge on any atom is 0.268 e. The number of hydrogen-bond donors (Lipinski definition) is 1. The van der Waals surface area contributed by atoms with Crippen LogP contribution in [0.3, 0.4) is 0 Å². The topological polar surface area (TPSA) is 55.6 Å². The normalized spacial score (nSPS) is 17.2. The number of rotatable bonds is 2. The smallest absolute Gasteiger partial charge is 0.268 e. The minimum absolute atomic E-state index is 0.00680. The average molecular weight is 375 g/mol. The Balaban J connectivity index is 2.05. The Morgan fingerprint density at radius 2 is 2.16 bits per heavy atom. The van der Waals surface area contributed by atoms with Gasteiger partial charge in [-0.15, -0.1) is 11.3 Å². The third kappa shape index (κ3) is 2.44. The van der Waals surface area contributed by atoms with Crippen LogP contribution in [0.5, 0.6) is 0 Å². The van der Waals surface area contributed by atoms with Crippen LogP contribution < -0.4 is 5.56 Å². The fourth-order valence-electron chi connectivity index (χ4n) is 3.94. The molecule has 3 aromatic heterocycles. The lowest BCUT2D eigenvalue weighted by atomic mass is 9.89. The highest BCUT2D eigenvalue weighted by Gasteiger charge is 2.25. The van der Waals surface area contributed by atoms with Crippen LogP contribution in [-0.2, 0) is 19.4 Å². The number of aromatic nitrogens is 4. The highest BCUT2D eigenvalue weighted by atomic mass is 32.1. The lowest BCUT2D eigenvalue weighted by molar-refractivity contribution is 0.509. The Bertz CT molecular complexity index is 1100. The summed E-state index contributed by atoms with van der Waals surface area (Å²) < 4.78 is 4.01. The van der Waals surface area contributed by atoms with E-state index in [2.05, 4.69) is 17.0 Å². The maximum atomic E-state index is 13.4. The summed E-state index contributed by atoms with van der Waals surface area (Å²) in [5.41, 5.74) is 3.84. The molecule has 1 aliphatic carbocycles. The second kappa shape index (κ2) is 5.92. The Kier molecular flexibility index (Phi) is 3.96. The highest BCUT2D eigenvalue weighted by Crippen LogP contribution is 2.36. The molecule has 1 atom stereocenters. The summed E-state index contributed by atoms with van der Waals surface area (Å²) in [6, 6.07) is 0. The molecule has 0 unspecified atom stereocenters. The molecule has 3 heterocycles. The van der Waals surface area contributed by atoms with Crippen LogP contribution in [0, 0.1) is 24.5 Å². The summed E-state index contributed by atoms with van der Waals surface area (Å²) in [6.07, 6.45) is 3.17. The summed E-state index contributed by atoms with van der Waals surface area (Å²) in [5.74, 6) is 0.679. The first-order valence-corrected chi connectivity index (χ1v) is 9.98. The van der Waals surface area contributed by atoms with Gasteiger partial charge in [0.05, 0.1) is 22.5 Å². The van der Waals surface area contributed by atoms with E-state index in [1.165, 1.54) is 10.4 Å². The van der Waals surface area contributed by atoms with E-state index in [1.54, 1.807) is 15.9 Å². The quantitative estimate of drug-likeness (QED) is 0.688. The van der Waals surface area contributed by atoms with E-state index in [9.17, 15) is 4.79 Å². The van der Waals surface area contributed by atoms with Gasteiger partial charge in [0.1, 0.15) is 4.83 Å². The van der Waals surface area contributed by atoms with Gasteiger partial charge >= 0.3 is 0 Å². The van der Waals surface area contributed by atoms with Gasteiger partial charge in [-0.05, 0) is 63.7 Å². The first-order chi connectivity index (χ1) is 11.9. The summed E-state index contributed by atoms with van der Waals surface area (Å²) >= 11 is 7.25. The van der Waals surface area contributed by atoms with Gasteiger partial charge in [0.2, 0.25) is 0 Å². The van der Waals surface area contributed by atoms with Gasteiger partial charge in [0, 0.05) is 11.4 Å². The van der Waals surface area contributed by atoms with Crippen LogP contribution in [0.1, 0.15) is 42.1 Å². The molecule has 132 valence electrons. The summed E-state index contributed by atoms with van der Waals surface area (Å²) in [5, 5.41) is 5.37. The first-order valence-electron chi connectivity index (χ1n) is 8.76. The van der Waals surface area contributed by atoms with Crippen LogP contribution in [0.2, 0.25) is 0 Å². The van der Waals surface area contributed by atoms with E-state index < -0.39 is 0 Å². The van der Waals surface area contributed by atoms with Crippen molar-refractivity contribution in [1.82, 2.24) is 19.3 Å². The van der Waals surface area contributed by atoms with Gasteiger partial charge < -0.3 is 4.98 Å². The zero-order valence-electron chi connectivity index (χ0n) is 15.0. The monoisotopic (exact) mass is 374 g/mol. The van der Waals surface area contributed by atoms with Gasteiger partial charge in [0.25, 0.3) is 5.56 Å². The molecule has 3 aromatic rings. The van der Waals surface area contributed by atoms with Crippen LogP contribution in [0.4, 0.5) is 0 Å². The molecule has 25 heavy (non-hydrogen) atoms. The van der Waals surface area contributed by atoms with Crippen LogP contribution >= 0.6 is 23.6 Å². The number of nitrogens with one attached hydrogen (secondary N) is 1. The summed E-state index contributed by atoms with van der Waals surface area (Å²) in [7, 11) is 0. The van der Waals surface area contributed by atoms with Gasteiger partial charge in [0.15, 0.2) is 4.77 Å². The average Bonchev–Trinajstić information content (AvgIpc) is 3.05. The molecule has 0 fully saturated rings. The van der Waals surface area contributed by atoms with Crippen molar-refractivity contribution in [1.29, 1.82) is 0 Å². The molecular weight excluding hydrogens is 352 g/mol. The molecule has 1 N–H and O–H groups in total. The number of aromatic amines is 1. The Hall–Kier alpha value is -1.73. The van der Waals surface area contributed by atoms with Gasteiger partial charge in [-0.1, -0.05) is 6.92 Å². The van der Waals surface area contributed by atoms with E-state index in [0.29, 0.717) is 10.7 Å². The van der Waals surface area contributed by atoms with E-state index in [0.717, 1.165) is 53.1 Å². The zero-order valence-corrected chi connectivity index (χ0v) is 16.6. The molecule has 0 spiro atoms. The Labute approximate surface area is 155 Å². The molecule has 0 saturated carbocycles. The SMILES string of the molecule is CCn1nc(C)c(-n2c(=S)[nH]c3sc4c(c3c2=O)CC[C@H](C)C4)c1C. The molecule has 0 saturated heterocycles. The van der Waals surface area contributed by atoms with Crippen molar-refractivity contribution in [3.8, 4) is 5.69 Å². The number of fused-ring (bicyclic) bond motifs is 3. The van der Waals surface area contributed by atoms with Crippen molar-refractivity contribution in [3.05, 3.63) is 37.0 Å². The number of H-pyrrole nitrogens is 1. The van der Waals surface area contributed by atoms with E-state index in [1.807, 2.05) is 25.5 Å². The molecule has 0 bridgehead atoms. The number of thiophene rings is 1. The molecule has 7 heteroatoms. The third-order valence-corrected chi connectivity index (χ3v) is 6.67. The number of nitrogens with zero attached hydrogens (tertiary/aromatic N) is 3. The maximum absolute atomic E-state index is 13.4. The molecule has 1 aliphatic rings. The molecule has 0 amide bonds. The fraction of sp³-hybridized carbons (Fsp3) is 0.500. The largest absolute Gasteiger partial charge is 0.323 e. The second-order valence-electron chi connectivity index (χ2n) is 6.96. The second-order valence-corrected chi connectivity index (χ2v) is 8.45. The minimum atomic E-state index is -0.00680. The Morgan fingerprint density at radius 3 is 2.84 bits per heavy atom. The summed E-state index contributed by atoms with van der Waals surface area (Å²) in [6.45, 7) is 9.03. The molecule has 4 rings (SSSR count). The fourth-order valence-corrected chi connectivity index (χ4v) is 5.69. The molecule has 5 nitrogen and oxygen atoms in total. The standard InChI is InChI=1S/C18H22N4OS2/c1-5-21-11(4)15(10(3)20-21)22-17(23)14-12-7-6-9(2)8-13(12)25-16(14)19-18(22)24/h9H,5-8H2,1-4H3,(H,19,24)/t9-/m0/s1. The Morgan fingerprint density at radius 1 is 1.40 bits per heavy atom. The van der Waals surface area contributed by atoms with Crippen LogP contribution in [-0.4, -0.2) is 19.3 Å². The zero-order chi connectivity index (χ0) is 17.9. The predicted molar refractivity (Wildman–Crippen MR) is 105 cm³/mol. The van der Waals surface area contributed by atoms with Crippen molar-refractivity contribution in [3.63, 3.8) is 0 Å². The van der Waals surface area contributed by atoms with E-state index >= 15 is 0 Å². The minimum Gasteiger partial charge on any atom is -0.323 e. The van der Waals surface area contributed by atoms with Crippen molar-refractivity contribution >= 4 is 33.8 Å². The predicted octanol–water partition coefficient (Wildman–Crippen LogP) is 4.07. The number of hydrogen-bond acceptors (Lipinski definition) is 4. The lowest BCUT2D eigenvalue weighted by Crippen LogP contribution is -2.22. The van der Waals surface area contributed by atoms with E-state index in [-0.39, 0.29) is 5.56 Å². The van der Waals surface area contributed by atoms with Crippen LogP contribution in [0.25, 0.3) is 15.9 Å². The molecule has 0 aromatic carbocycles. The van der Waals surface area contributed by atoms with Crippen molar-refractivity contribution in [2.24, 2.45) is 5.92 Å². The van der Waals surface area contributed by atoms with Crippen molar-refractivity contribution in [2.75, 3.05) is 0 Å². The molecule has 0 radical (unpaired) electrons. The van der Waals surface area contributed by atoms with Gasteiger partial charge in [-0.3, -0.25) is 9.48 Å². The van der Waals surface area contributed by atoms with Gasteiger partial charge in [-0.2, -0.15) is 5.10 Å². The first kappa shape index (κ1) is 16.7. The lowest BCUT2D eigenvalue weighted by Gasteiger charge is -2.17. The molecular formula is C18H22N4OS2. The van der Waals surface area contributed by atoms with Crippen molar-refractivity contribution in [2.45, 2.75) is 53.5 Å². The van der Waals surface area contributed by atoms with Gasteiger partial charge in [-0.25, -0.2) is 4.57 Å². The highest BCUT2D eigenvalue weighted by molar-refractivity contribution is 7.71. The van der Waals surface area contributed by atoms with Crippen molar-refractivity contribution < 1.29 is 0 Å². The molecule has 0 aliphatic heterocycles. The summed E-state index contributed by atoms with van der Waals surface area (Å²) in [4.78, 5) is 19.0. The van der Waals surface area contributed by atoms with E-state index in [4.69, 9.17) is 12.2 Å². The van der Waals surface area contributed by atoms with Crippen LogP contribution in [0.15, 0.2) is 4.79 Å². The third-order valence-electron chi connectivity index (χ3n) is 5.22. The number of aryl methyl sites for hydroxylation is 3.